The monoisotopic (exact) mass is 289 g/mol. The van der Waals surface area contributed by atoms with Gasteiger partial charge in [-0.25, -0.2) is 0 Å². The van der Waals surface area contributed by atoms with Crippen LogP contribution in [0.5, 0.6) is 0 Å². The van der Waals surface area contributed by atoms with Crippen molar-refractivity contribution >= 4 is 21.8 Å². The molecule has 2 nitrogen and oxygen atoms in total. The summed E-state index contributed by atoms with van der Waals surface area (Å²) in [6.45, 7) is 4.24. The summed E-state index contributed by atoms with van der Waals surface area (Å²) in [7, 11) is 0. The summed E-state index contributed by atoms with van der Waals surface area (Å²) in [4.78, 5) is 14.0. The Morgan fingerprint density at radius 1 is 1.31 bits per heavy atom. The van der Waals surface area contributed by atoms with Crippen molar-refractivity contribution in [1.29, 1.82) is 0 Å². The molecule has 1 aliphatic heterocycles. The van der Waals surface area contributed by atoms with Gasteiger partial charge in [0.25, 0.3) is 0 Å². The lowest BCUT2D eigenvalue weighted by Gasteiger charge is -2.20. The summed E-state index contributed by atoms with van der Waals surface area (Å²) in [5.41, 5.74) is 0. The highest BCUT2D eigenvalue weighted by Crippen LogP contribution is 2.20. The molecule has 94 valence electrons. The number of unbranched alkanes of at least 4 members (excludes halogenated alkanes) is 1. The van der Waals surface area contributed by atoms with Gasteiger partial charge in [0.15, 0.2) is 0 Å². The van der Waals surface area contributed by atoms with Gasteiger partial charge in [-0.1, -0.05) is 29.3 Å². The Bertz CT molecular complexity index is 208. The summed E-state index contributed by atoms with van der Waals surface area (Å²) in [5.74, 6) is 1.22. The Hall–Kier alpha value is -0.0500. The zero-order valence-electron chi connectivity index (χ0n) is 10.4. The van der Waals surface area contributed by atoms with E-state index in [9.17, 15) is 4.79 Å². The number of nitrogens with zero attached hydrogens (tertiary/aromatic N) is 1. The lowest BCUT2D eigenvalue weighted by molar-refractivity contribution is -0.131. The predicted molar refractivity (Wildman–Crippen MR) is 71.9 cm³/mol. The standard InChI is InChI=1S/C13H24BrNO/c1-2-12-6-5-10-15(11-8-12)13(16)7-3-4-9-14/h12H,2-11H2,1H3. The van der Waals surface area contributed by atoms with Crippen LogP contribution in [0, 0.1) is 5.92 Å². The molecular weight excluding hydrogens is 266 g/mol. The van der Waals surface area contributed by atoms with Crippen molar-refractivity contribution in [3.63, 3.8) is 0 Å². The maximum atomic E-state index is 11.9. The number of carbonyl (C=O) groups excluding carboxylic acids is 1. The third-order valence-electron chi connectivity index (χ3n) is 3.55. The van der Waals surface area contributed by atoms with E-state index in [0.29, 0.717) is 5.91 Å². The molecule has 16 heavy (non-hydrogen) atoms. The van der Waals surface area contributed by atoms with Crippen LogP contribution in [0.4, 0.5) is 0 Å². The highest BCUT2D eigenvalue weighted by molar-refractivity contribution is 9.09. The largest absolute Gasteiger partial charge is 0.343 e. The predicted octanol–water partition coefficient (Wildman–Crippen LogP) is 3.59. The number of halogens is 1. The molecule has 3 heteroatoms. The smallest absolute Gasteiger partial charge is 0.222 e. The molecule has 0 aromatic rings. The van der Waals surface area contributed by atoms with Crippen LogP contribution in [0.25, 0.3) is 0 Å². The summed E-state index contributed by atoms with van der Waals surface area (Å²) in [5, 5.41) is 1.01. The van der Waals surface area contributed by atoms with Crippen LogP contribution in [-0.4, -0.2) is 29.2 Å². The first-order valence-corrected chi connectivity index (χ1v) is 7.73. The van der Waals surface area contributed by atoms with Gasteiger partial charge in [-0.05, 0) is 38.0 Å². The van der Waals surface area contributed by atoms with Crippen LogP contribution in [0.3, 0.4) is 0 Å². The minimum absolute atomic E-state index is 0.373. The molecule has 1 rings (SSSR count). The van der Waals surface area contributed by atoms with Gasteiger partial charge in [-0.3, -0.25) is 4.79 Å². The average molecular weight is 290 g/mol. The molecule has 0 saturated carbocycles. The van der Waals surface area contributed by atoms with Gasteiger partial charge < -0.3 is 4.90 Å². The number of rotatable bonds is 5. The Kier molecular flexibility index (Phi) is 7.10. The Labute approximate surface area is 108 Å². The van der Waals surface area contributed by atoms with Crippen molar-refractivity contribution in [2.75, 3.05) is 18.4 Å². The molecule has 0 N–H and O–H groups in total. The van der Waals surface area contributed by atoms with Crippen molar-refractivity contribution < 1.29 is 4.79 Å². The maximum Gasteiger partial charge on any atom is 0.222 e. The van der Waals surface area contributed by atoms with Crippen molar-refractivity contribution in [2.45, 2.75) is 51.9 Å². The first-order valence-electron chi connectivity index (χ1n) is 6.61. The molecule has 0 bridgehead atoms. The Morgan fingerprint density at radius 3 is 2.81 bits per heavy atom. The molecule has 0 aromatic heterocycles. The molecule has 1 heterocycles. The topological polar surface area (TPSA) is 20.3 Å². The van der Waals surface area contributed by atoms with Crippen LogP contribution in [0.1, 0.15) is 51.9 Å². The molecule has 1 saturated heterocycles. The van der Waals surface area contributed by atoms with Crippen molar-refractivity contribution in [2.24, 2.45) is 5.92 Å². The van der Waals surface area contributed by atoms with E-state index in [0.717, 1.165) is 43.6 Å². The minimum atomic E-state index is 0.373. The van der Waals surface area contributed by atoms with Gasteiger partial charge in [-0.2, -0.15) is 0 Å². The van der Waals surface area contributed by atoms with E-state index >= 15 is 0 Å². The lowest BCUT2D eigenvalue weighted by Crippen LogP contribution is -2.31. The molecule has 1 fully saturated rings. The molecule has 0 spiro atoms. The number of amides is 1. The second-order valence-electron chi connectivity index (χ2n) is 4.73. The fourth-order valence-electron chi connectivity index (χ4n) is 2.35. The van der Waals surface area contributed by atoms with Gasteiger partial charge in [0, 0.05) is 24.8 Å². The first kappa shape index (κ1) is 14.0. The highest BCUT2D eigenvalue weighted by Gasteiger charge is 2.18. The summed E-state index contributed by atoms with van der Waals surface area (Å²) in [6, 6.07) is 0. The van der Waals surface area contributed by atoms with E-state index in [4.69, 9.17) is 0 Å². The molecule has 1 amide bonds. The highest BCUT2D eigenvalue weighted by atomic mass is 79.9. The van der Waals surface area contributed by atoms with E-state index in [1.54, 1.807) is 0 Å². The zero-order valence-corrected chi connectivity index (χ0v) is 12.0. The van der Waals surface area contributed by atoms with Gasteiger partial charge in [0.2, 0.25) is 5.91 Å². The molecule has 0 radical (unpaired) electrons. The van der Waals surface area contributed by atoms with E-state index in [-0.39, 0.29) is 0 Å². The molecular formula is C13H24BrNO. The fraction of sp³-hybridized carbons (Fsp3) is 0.923. The number of hydrogen-bond donors (Lipinski definition) is 0. The van der Waals surface area contributed by atoms with E-state index in [1.807, 2.05) is 0 Å². The second-order valence-corrected chi connectivity index (χ2v) is 5.53. The summed E-state index contributed by atoms with van der Waals surface area (Å²) < 4.78 is 0. The Balaban J connectivity index is 2.27. The number of carbonyl (C=O) groups is 1. The minimum Gasteiger partial charge on any atom is -0.343 e. The lowest BCUT2D eigenvalue weighted by atomic mass is 9.98. The quantitative estimate of drug-likeness (QED) is 0.559. The van der Waals surface area contributed by atoms with Gasteiger partial charge in [0.1, 0.15) is 0 Å². The van der Waals surface area contributed by atoms with Crippen LogP contribution in [0.15, 0.2) is 0 Å². The van der Waals surface area contributed by atoms with Crippen LogP contribution < -0.4 is 0 Å². The second kappa shape index (κ2) is 8.10. The van der Waals surface area contributed by atoms with E-state index in [1.165, 1.54) is 25.7 Å². The SMILES string of the molecule is CCC1CCCN(C(=O)CCCCBr)CC1. The number of likely N-dealkylation sites (tertiary alicyclic amines) is 1. The van der Waals surface area contributed by atoms with Crippen molar-refractivity contribution in [3.05, 3.63) is 0 Å². The van der Waals surface area contributed by atoms with Gasteiger partial charge in [-0.15, -0.1) is 0 Å². The molecule has 1 unspecified atom stereocenters. The fourth-order valence-corrected chi connectivity index (χ4v) is 2.75. The average Bonchev–Trinajstić information content (AvgIpc) is 2.54. The van der Waals surface area contributed by atoms with E-state index < -0.39 is 0 Å². The molecule has 1 atom stereocenters. The number of alkyl halides is 1. The molecule has 1 aliphatic rings. The van der Waals surface area contributed by atoms with Gasteiger partial charge >= 0.3 is 0 Å². The number of hydrogen-bond acceptors (Lipinski definition) is 1. The van der Waals surface area contributed by atoms with Crippen molar-refractivity contribution in [1.82, 2.24) is 4.90 Å². The van der Waals surface area contributed by atoms with E-state index in [2.05, 4.69) is 27.8 Å². The summed E-state index contributed by atoms with van der Waals surface area (Å²) >= 11 is 3.40. The van der Waals surface area contributed by atoms with Crippen LogP contribution >= 0.6 is 15.9 Å². The third kappa shape index (κ3) is 4.86. The zero-order chi connectivity index (χ0) is 11.8. The third-order valence-corrected chi connectivity index (χ3v) is 4.11. The molecule has 0 aliphatic carbocycles. The van der Waals surface area contributed by atoms with Gasteiger partial charge in [0.05, 0.1) is 0 Å². The first-order chi connectivity index (χ1) is 7.77. The maximum absolute atomic E-state index is 11.9. The Morgan fingerprint density at radius 2 is 2.12 bits per heavy atom. The normalized spacial score (nSPS) is 21.9. The molecule has 0 aromatic carbocycles. The van der Waals surface area contributed by atoms with Crippen LogP contribution in [0.2, 0.25) is 0 Å². The summed E-state index contributed by atoms with van der Waals surface area (Å²) in [6.07, 6.45) is 7.86. The van der Waals surface area contributed by atoms with Crippen molar-refractivity contribution in [3.8, 4) is 0 Å². The van der Waals surface area contributed by atoms with Crippen LogP contribution in [-0.2, 0) is 4.79 Å².